The molecule has 0 aromatic rings. The molecule has 1 saturated carbocycles. The first-order valence-electron chi connectivity index (χ1n) is 9.37. The molecular weight excluding hydrogens is 256 g/mol. The van der Waals surface area contributed by atoms with Crippen molar-refractivity contribution in [2.75, 3.05) is 20.1 Å². The summed E-state index contributed by atoms with van der Waals surface area (Å²) in [6.07, 6.45) is 9.75. The highest BCUT2D eigenvalue weighted by Gasteiger charge is 2.33. The summed E-state index contributed by atoms with van der Waals surface area (Å²) >= 11 is 0. The van der Waals surface area contributed by atoms with Crippen LogP contribution in [-0.2, 0) is 0 Å². The first-order chi connectivity index (χ1) is 9.92. The van der Waals surface area contributed by atoms with E-state index in [1.165, 1.54) is 58.0 Å². The normalized spacial score (nSPS) is 33.9. The van der Waals surface area contributed by atoms with Gasteiger partial charge in [0.25, 0.3) is 0 Å². The van der Waals surface area contributed by atoms with Crippen LogP contribution >= 0.6 is 0 Å². The van der Waals surface area contributed by atoms with Crippen molar-refractivity contribution in [1.29, 1.82) is 0 Å². The topological polar surface area (TPSA) is 15.3 Å². The number of hydrogen-bond acceptors (Lipinski definition) is 2. The van der Waals surface area contributed by atoms with Crippen LogP contribution in [0.5, 0.6) is 0 Å². The van der Waals surface area contributed by atoms with Crippen molar-refractivity contribution in [3.8, 4) is 0 Å². The van der Waals surface area contributed by atoms with E-state index in [4.69, 9.17) is 0 Å². The van der Waals surface area contributed by atoms with E-state index in [0.29, 0.717) is 11.5 Å². The molecule has 1 aliphatic carbocycles. The van der Waals surface area contributed by atoms with Gasteiger partial charge in [-0.1, -0.05) is 27.2 Å². The predicted octanol–water partition coefficient (Wildman–Crippen LogP) is 4.30. The minimum absolute atomic E-state index is 0.544. The molecule has 0 amide bonds. The van der Waals surface area contributed by atoms with Crippen molar-refractivity contribution < 1.29 is 0 Å². The second-order valence-electron chi connectivity index (χ2n) is 8.51. The third kappa shape index (κ3) is 4.69. The lowest BCUT2D eigenvalue weighted by atomic mass is 9.69. The highest BCUT2D eigenvalue weighted by atomic mass is 15.1. The summed E-state index contributed by atoms with van der Waals surface area (Å²) in [5, 5.41) is 3.97. The van der Waals surface area contributed by atoms with Gasteiger partial charge in [0, 0.05) is 18.6 Å². The second kappa shape index (κ2) is 7.46. The van der Waals surface area contributed by atoms with Crippen molar-refractivity contribution >= 4 is 0 Å². The molecule has 1 heterocycles. The Hall–Kier alpha value is -0.0800. The summed E-state index contributed by atoms with van der Waals surface area (Å²) in [5.74, 6) is 1.80. The second-order valence-corrected chi connectivity index (χ2v) is 8.51. The summed E-state index contributed by atoms with van der Waals surface area (Å²) in [5.41, 5.74) is 0.544. The van der Waals surface area contributed by atoms with Crippen LogP contribution in [0.2, 0.25) is 0 Å². The van der Waals surface area contributed by atoms with E-state index in [-0.39, 0.29) is 0 Å². The van der Waals surface area contributed by atoms with Gasteiger partial charge in [0.05, 0.1) is 0 Å². The Balaban J connectivity index is 1.75. The van der Waals surface area contributed by atoms with Crippen molar-refractivity contribution in [3.05, 3.63) is 0 Å². The van der Waals surface area contributed by atoms with Crippen LogP contribution in [0.3, 0.4) is 0 Å². The molecule has 124 valence electrons. The molecule has 2 rings (SSSR count). The molecule has 0 bridgehead atoms. The van der Waals surface area contributed by atoms with Crippen LogP contribution in [0.1, 0.15) is 72.6 Å². The van der Waals surface area contributed by atoms with E-state index in [9.17, 15) is 0 Å². The number of likely N-dealkylation sites (tertiary alicyclic amines) is 1. The van der Waals surface area contributed by atoms with Gasteiger partial charge in [-0.25, -0.2) is 0 Å². The molecule has 2 nitrogen and oxygen atoms in total. The third-order valence-corrected chi connectivity index (χ3v) is 6.61. The van der Waals surface area contributed by atoms with E-state index in [0.717, 1.165) is 17.9 Å². The molecule has 2 aliphatic rings. The van der Waals surface area contributed by atoms with Crippen LogP contribution in [0, 0.1) is 17.3 Å². The minimum atomic E-state index is 0.544. The largest absolute Gasteiger partial charge is 0.311 e. The Bertz CT molecular complexity index is 305. The summed E-state index contributed by atoms with van der Waals surface area (Å²) in [4.78, 5) is 2.51. The zero-order valence-electron chi connectivity index (χ0n) is 15.1. The van der Waals surface area contributed by atoms with Gasteiger partial charge < -0.3 is 10.2 Å². The number of hydrogen-bond donors (Lipinski definition) is 1. The molecule has 1 saturated heterocycles. The number of rotatable bonds is 5. The molecule has 1 aliphatic heterocycles. The monoisotopic (exact) mass is 294 g/mol. The van der Waals surface area contributed by atoms with Crippen molar-refractivity contribution in [1.82, 2.24) is 10.2 Å². The van der Waals surface area contributed by atoms with Crippen LogP contribution in [0.25, 0.3) is 0 Å². The van der Waals surface area contributed by atoms with Gasteiger partial charge in [-0.2, -0.15) is 0 Å². The zero-order chi connectivity index (χ0) is 15.5. The van der Waals surface area contributed by atoms with Gasteiger partial charge in [-0.05, 0) is 76.3 Å². The van der Waals surface area contributed by atoms with Crippen LogP contribution < -0.4 is 5.32 Å². The maximum atomic E-state index is 3.97. The van der Waals surface area contributed by atoms with Crippen molar-refractivity contribution in [2.45, 2.75) is 84.7 Å². The predicted molar refractivity (Wildman–Crippen MR) is 92.6 cm³/mol. The maximum Gasteiger partial charge on any atom is 0.00818 e. The van der Waals surface area contributed by atoms with Gasteiger partial charge in [0.2, 0.25) is 0 Å². The lowest BCUT2D eigenvalue weighted by Crippen LogP contribution is -2.48. The lowest BCUT2D eigenvalue weighted by molar-refractivity contribution is 0.123. The zero-order valence-corrected chi connectivity index (χ0v) is 15.1. The summed E-state index contributed by atoms with van der Waals surface area (Å²) in [7, 11) is 2.27. The molecule has 0 aromatic heterocycles. The first-order valence-corrected chi connectivity index (χ1v) is 9.37. The molecular formula is C19H38N2. The van der Waals surface area contributed by atoms with Crippen molar-refractivity contribution in [2.24, 2.45) is 17.3 Å². The van der Waals surface area contributed by atoms with E-state index >= 15 is 0 Å². The van der Waals surface area contributed by atoms with E-state index in [1.54, 1.807) is 0 Å². The molecule has 2 unspecified atom stereocenters. The fourth-order valence-electron chi connectivity index (χ4n) is 4.45. The van der Waals surface area contributed by atoms with Crippen LogP contribution in [0.4, 0.5) is 0 Å². The lowest BCUT2D eigenvalue weighted by Gasteiger charge is -2.41. The Morgan fingerprint density at radius 2 is 1.81 bits per heavy atom. The Labute approximate surface area is 133 Å². The van der Waals surface area contributed by atoms with Gasteiger partial charge in [0.15, 0.2) is 0 Å². The average molecular weight is 295 g/mol. The van der Waals surface area contributed by atoms with Gasteiger partial charge in [0.1, 0.15) is 0 Å². The summed E-state index contributed by atoms with van der Waals surface area (Å²) in [6.45, 7) is 12.3. The standard InChI is InChI=1S/C19H38N2/c1-6-19(3,4)17-9-11-18(12-10-17)20-15(2)16-8-7-13-21(5)14-16/h15-18,20H,6-14H2,1-5H3. The van der Waals surface area contributed by atoms with Gasteiger partial charge in [-0.3, -0.25) is 0 Å². The Morgan fingerprint density at radius 1 is 1.14 bits per heavy atom. The average Bonchev–Trinajstić information content (AvgIpc) is 2.48. The smallest absolute Gasteiger partial charge is 0.00818 e. The quantitative estimate of drug-likeness (QED) is 0.813. The van der Waals surface area contributed by atoms with E-state index in [2.05, 4.69) is 45.0 Å². The number of piperidine rings is 1. The molecule has 2 atom stereocenters. The fraction of sp³-hybridized carbons (Fsp3) is 1.00. The summed E-state index contributed by atoms with van der Waals surface area (Å²) < 4.78 is 0. The Kier molecular flexibility index (Phi) is 6.14. The van der Waals surface area contributed by atoms with Crippen LogP contribution in [0.15, 0.2) is 0 Å². The molecule has 0 aromatic carbocycles. The fourth-order valence-corrected chi connectivity index (χ4v) is 4.45. The highest BCUT2D eigenvalue weighted by molar-refractivity contribution is 4.88. The van der Waals surface area contributed by atoms with Crippen LogP contribution in [-0.4, -0.2) is 37.1 Å². The van der Waals surface area contributed by atoms with Crippen molar-refractivity contribution in [3.63, 3.8) is 0 Å². The number of nitrogens with one attached hydrogen (secondary N) is 1. The molecule has 2 fully saturated rings. The molecule has 21 heavy (non-hydrogen) atoms. The third-order valence-electron chi connectivity index (χ3n) is 6.61. The molecule has 0 radical (unpaired) electrons. The molecule has 0 spiro atoms. The Morgan fingerprint density at radius 3 is 2.38 bits per heavy atom. The molecule has 1 N–H and O–H groups in total. The van der Waals surface area contributed by atoms with Gasteiger partial charge in [-0.15, -0.1) is 0 Å². The van der Waals surface area contributed by atoms with Gasteiger partial charge >= 0.3 is 0 Å². The maximum absolute atomic E-state index is 3.97. The number of nitrogens with zero attached hydrogens (tertiary/aromatic N) is 1. The SMILES string of the molecule is CCC(C)(C)C1CCC(NC(C)C2CCCN(C)C2)CC1. The summed E-state index contributed by atoms with van der Waals surface area (Å²) in [6, 6.07) is 1.46. The van der Waals surface area contributed by atoms with E-state index in [1.807, 2.05) is 0 Å². The van der Waals surface area contributed by atoms with E-state index < -0.39 is 0 Å². The first kappa shape index (κ1) is 17.3. The highest BCUT2D eigenvalue weighted by Crippen LogP contribution is 2.40. The molecule has 2 heteroatoms. The minimum Gasteiger partial charge on any atom is -0.311 e.